The van der Waals surface area contributed by atoms with Crippen molar-refractivity contribution in [2.24, 2.45) is 0 Å². The Labute approximate surface area is 125 Å². The number of rotatable bonds is 4. The lowest BCUT2D eigenvalue weighted by molar-refractivity contribution is -0.136. The van der Waals surface area contributed by atoms with Crippen LogP contribution >= 0.6 is 11.3 Å². The lowest BCUT2D eigenvalue weighted by Gasteiger charge is -1.99. The first-order valence-corrected chi connectivity index (χ1v) is 7.87. The van der Waals surface area contributed by atoms with Gasteiger partial charge in [-0.3, -0.25) is 4.79 Å². The number of nitrogens with one attached hydrogen (secondary N) is 1. The van der Waals surface area contributed by atoms with E-state index in [4.69, 9.17) is 5.11 Å². The highest BCUT2D eigenvalue weighted by atomic mass is 32.1. The molecule has 21 heavy (non-hydrogen) atoms. The topological polar surface area (TPSA) is 66.0 Å². The minimum Gasteiger partial charge on any atom is -0.481 e. The van der Waals surface area contributed by atoms with E-state index >= 15 is 0 Å². The molecule has 0 saturated heterocycles. The Morgan fingerprint density at radius 1 is 1.38 bits per heavy atom. The van der Waals surface area contributed by atoms with Crippen molar-refractivity contribution in [3.05, 3.63) is 41.0 Å². The predicted octanol–water partition coefficient (Wildman–Crippen LogP) is 3.80. The fourth-order valence-electron chi connectivity index (χ4n) is 2.73. The smallest absolute Gasteiger partial charge is 0.309 e. The van der Waals surface area contributed by atoms with Crippen LogP contribution in [0, 0.1) is 0 Å². The number of carboxylic acids is 1. The second-order valence-corrected chi connectivity index (χ2v) is 6.31. The molecule has 3 aromatic rings. The Morgan fingerprint density at radius 3 is 2.95 bits per heavy atom. The lowest BCUT2D eigenvalue weighted by atomic mass is 10.1. The third kappa shape index (κ3) is 2.23. The summed E-state index contributed by atoms with van der Waals surface area (Å²) in [5.41, 5.74) is 4.18. The fourth-order valence-corrected chi connectivity index (χ4v) is 3.62. The number of carboxylic acid groups (broad SMARTS) is 1. The van der Waals surface area contributed by atoms with Gasteiger partial charge in [0.05, 0.1) is 12.1 Å². The van der Waals surface area contributed by atoms with Gasteiger partial charge in [0.15, 0.2) is 0 Å². The summed E-state index contributed by atoms with van der Waals surface area (Å²) >= 11 is 1.53. The first-order valence-electron chi connectivity index (χ1n) is 6.99. The molecule has 0 aliphatic heterocycles. The van der Waals surface area contributed by atoms with Crippen molar-refractivity contribution in [1.82, 2.24) is 9.97 Å². The zero-order chi connectivity index (χ0) is 14.4. The van der Waals surface area contributed by atoms with E-state index in [1.165, 1.54) is 35.3 Å². The van der Waals surface area contributed by atoms with Gasteiger partial charge in [0.2, 0.25) is 0 Å². The standard InChI is InChI=1S/C16H14N2O2S/c19-13(20)7-10-8-21-16(17-10)14-11-3-1-2-4-12(11)18-15(14)9-5-6-9/h1-4,8-9,18H,5-7H2,(H,19,20). The van der Waals surface area contributed by atoms with E-state index in [-0.39, 0.29) is 6.42 Å². The van der Waals surface area contributed by atoms with Crippen LogP contribution in [0.4, 0.5) is 0 Å². The van der Waals surface area contributed by atoms with Crippen molar-refractivity contribution in [2.45, 2.75) is 25.2 Å². The minimum absolute atomic E-state index is 0.0163. The van der Waals surface area contributed by atoms with E-state index in [1.54, 1.807) is 0 Å². The molecule has 1 fully saturated rings. The van der Waals surface area contributed by atoms with Gasteiger partial charge >= 0.3 is 5.97 Å². The van der Waals surface area contributed by atoms with Crippen LogP contribution < -0.4 is 0 Å². The number of aliphatic carboxylic acids is 1. The second kappa shape index (κ2) is 4.70. The SMILES string of the molecule is O=C(O)Cc1csc(-c2c(C3CC3)[nH]c3ccccc23)n1. The molecule has 0 amide bonds. The summed E-state index contributed by atoms with van der Waals surface area (Å²) in [6, 6.07) is 8.24. The molecule has 1 aliphatic carbocycles. The molecule has 0 atom stereocenters. The van der Waals surface area contributed by atoms with Crippen LogP contribution in [-0.4, -0.2) is 21.0 Å². The van der Waals surface area contributed by atoms with Crippen LogP contribution in [0.15, 0.2) is 29.6 Å². The fraction of sp³-hybridized carbons (Fsp3) is 0.250. The Morgan fingerprint density at radius 2 is 2.19 bits per heavy atom. The molecule has 2 N–H and O–H groups in total. The van der Waals surface area contributed by atoms with Gasteiger partial charge in [-0.05, 0) is 24.8 Å². The number of hydrogen-bond acceptors (Lipinski definition) is 3. The molecule has 1 aliphatic rings. The Kier molecular flexibility index (Phi) is 2.82. The van der Waals surface area contributed by atoms with Gasteiger partial charge in [-0.1, -0.05) is 18.2 Å². The van der Waals surface area contributed by atoms with Gasteiger partial charge in [0.25, 0.3) is 0 Å². The van der Waals surface area contributed by atoms with Crippen molar-refractivity contribution in [1.29, 1.82) is 0 Å². The number of thiazole rings is 1. The van der Waals surface area contributed by atoms with E-state index in [0.717, 1.165) is 16.1 Å². The molecule has 0 spiro atoms. The van der Waals surface area contributed by atoms with Gasteiger partial charge < -0.3 is 10.1 Å². The van der Waals surface area contributed by atoms with Crippen molar-refractivity contribution >= 4 is 28.2 Å². The average Bonchev–Trinajstić information content (AvgIpc) is 3.09. The highest BCUT2D eigenvalue weighted by Crippen LogP contribution is 2.47. The van der Waals surface area contributed by atoms with Gasteiger partial charge in [-0.15, -0.1) is 11.3 Å². The summed E-state index contributed by atoms with van der Waals surface area (Å²) in [6.45, 7) is 0. The van der Waals surface area contributed by atoms with Crippen LogP contribution in [0.25, 0.3) is 21.5 Å². The van der Waals surface area contributed by atoms with Crippen LogP contribution in [-0.2, 0) is 11.2 Å². The zero-order valence-corrected chi connectivity index (χ0v) is 12.1. The molecule has 4 rings (SSSR count). The molecule has 4 nitrogen and oxygen atoms in total. The first kappa shape index (κ1) is 12.6. The van der Waals surface area contributed by atoms with Crippen LogP contribution in [0.2, 0.25) is 0 Å². The van der Waals surface area contributed by atoms with E-state index in [9.17, 15) is 4.79 Å². The quantitative estimate of drug-likeness (QED) is 0.770. The normalized spacial score (nSPS) is 14.7. The van der Waals surface area contributed by atoms with Crippen molar-refractivity contribution in [3.8, 4) is 10.6 Å². The molecule has 2 aromatic heterocycles. The molecule has 1 aromatic carbocycles. The Balaban J connectivity index is 1.86. The zero-order valence-electron chi connectivity index (χ0n) is 11.3. The number of benzene rings is 1. The maximum absolute atomic E-state index is 10.8. The maximum atomic E-state index is 10.8. The predicted molar refractivity (Wildman–Crippen MR) is 82.7 cm³/mol. The van der Waals surface area contributed by atoms with E-state index in [1.807, 2.05) is 17.5 Å². The number of carbonyl (C=O) groups is 1. The number of fused-ring (bicyclic) bond motifs is 1. The third-order valence-electron chi connectivity index (χ3n) is 3.82. The highest BCUT2D eigenvalue weighted by Gasteiger charge is 2.30. The summed E-state index contributed by atoms with van der Waals surface area (Å²) in [5, 5.41) is 12.8. The molecule has 0 bridgehead atoms. The summed E-state index contributed by atoms with van der Waals surface area (Å²) in [6.07, 6.45) is 2.41. The van der Waals surface area contributed by atoms with Gasteiger partial charge in [0, 0.05) is 27.5 Å². The van der Waals surface area contributed by atoms with Crippen LogP contribution in [0.5, 0.6) is 0 Å². The number of para-hydroxylation sites is 1. The summed E-state index contributed by atoms with van der Waals surface area (Å²) in [4.78, 5) is 18.9. The number of aromatic amines is 1. The molecular weight excluding hydrogens is 284 g/mol. The molecule has 106 valence electrons. The van der Waals surface area contributed by atoms with Crippen molar-refractivity contribution < 1.29 is 9.90 Å². The first-order chi connectivity index (χ1) is 10.2. The summed E-state index contributed by atoms with van der Waals surface area (Å²) in [7, 11) is 0. The molecule has 0 radical (unpaired) electrons. The molecule has 1 saturated carbocycles. The maximum Gasteiger partial charge on any atom is 0.309 e. The van der Waals surface area contributed by atoms with Gasteiger partial charge in [0.1, 0.15) is 5.01 Å². The lowest BCUT2D eigenvalue weighted by Crippen LogP contribution is -1.99. The summed E-state index contributed by atoms with van der Waals surface area (Å²) < 4.78 is 0. The molecule has 0 unspecified atom stereocenters. The van der Waals surface area contributed by atoms with Crippen molar-refractivity contribution in [2.75, 3.05) is 0 Å². The van der Waals surface area contributed by atoms with Crippen LogP contribution in [0.1, 0.15) is 30.1 Å². The number of nitrogens with zero attached hydrogens (tertiary/aromatic N) is 1. The molecule has 2 heterocycles. The Hall–Kier alpha value is -2.14. The van der Waals surface area contributed by atoms with E-state index in [2.05, 4.69) is 22.1 Å². The van der Waals surface area contributed by atoms with E-state index < -0.39 is 5.97 Å². The monoisotopic (exact) mass is 298 g/mol. The van der Waals surface area contributed by atoms with E-state index in [0.29, 0.717) is 11.6 Å². The largest absolute Gasteiger partial charge is 0.481 e. The molecular formula is C16H14N2O2S. The van der Waals surface area contributed by atoms with Gasteiger partial charge in [-0.25, -0.2) is 4.98 Å². The number of hydrogen-bond donors (Lipinski definition) is 2. The summed E-state index contributed by atoms with van der Waals surface area (Å²) in [5.74, 6) is -0.243. The number of H-pyrrole nitrogens is 1. The third-order valence-corrected chi connectivity index (χ3v) is 4.73. The number of aromatic nitrogens is 2. The van der Waals surface area contributed by atoms with Gasteiger partial charge in [-0.2, -0.15) is 0 Å². The van der Waals surface area contributed by atoms with Crippen molar-refractivity contribution in [3.63, 3.8) is 0 Å². The van der Waals surface area contributed by atoms with Crippen LogP contribution in [0.3, 0.4) is 0 Å². The second-order valence-electron chi connectivity index (χ2n) is 5.45. The molecule has 5 heteroatoms. The highest BCUT2D eigenvalue weighted by molar-refractivity contribution is 7.13. The average molecular weight is 298 g/mol. The minimum atomic E-state index is -0.840. The Bertz CT molecular complexity index is 830.